The minimum absolute atomic E-state index is 0.199. The van der Waals surface area contributed by atoms with Gasteiger partial charge < -0.3 is 18.5 Å². The molecule has 1 fully saturated rings. The Balaban J connectivity index is 2.50. The average Bonchev–Trinajstić information content (AvgIpc) is 2.45. The molecule has 0 aromatic rings. The molecule has 1 aliphatic rings. The predicted octanol–water partition coefficient (Wildman–Crippen LogP) is 3.73. The van der Waals surface area contributed by atoms with E-state index in [0.717, 1.165) is 13.1 Å². The Morgan fingerprint density at radius 2 is 2.13 bits per heavy atom. The van der Waals surface area contributed by atoms with Crippen LogP contribution >= 0.6 is 0 Å². The summed E-state index contributed by atoms with van der Waals surface area (Å²) in [5, 5.41) is 0. The number of ether oxygens (including phenoxy) is 1. The molecular formula is C17H37NO3Si2. The molecule has 0 bridgehead atoms. The van der Waals surface area contributed by atoms with E-state index in [1.165, 1.54) is 31.5 Å². The molecule has 0 aromatic heterocycles. The molecule has 4 nitrogen and oxygen atoms in total. The summed E-state index contributed by atoms with van der Waals surface area (Å²) in [4.78, 5) is 2.56. The highest BCUT2D eigenvalue weighted by Crippen LogP contribution is 2.21. The second kappa shape index (κ2) is 10.1. The van der Waals surface area contributed by atoms with Crippen molar-refractivity contribution in [2.45, 2.75) is 57.2 Å². The van der Waals surface area contributed by atoms with Crippen molar-refractivity contribution in [3.8, 4) is 0 Å². The predicted molar refractivity (Wildman–Crippen MR) is 103 cm³/mol. The average molecular weight is 360 g/mol. The molecule has 1 unspecified atom stereocenters. The van der Waals surface area contributed by atoms with E-state index in [-0.39, 0.29) is 6.10 Å². The summed E-state index contributed by atoms with van der Waals surface area (Å²) >= 11 is 0. The zero-order valence-corrected chi connectivity index (χ0v) is 17.9. The van der Waals surface area contributed by atoms with Crippen LogP contribution in [0.1, 0.15) is 12.8 Å². The van der Waals surface area contributed by atoms with E-state index in [9.17, 15) is 0 Å². The topological polar surface area (TPSA) is 30.9 Å². The summed E-state index contributed by atoms with van der Waals surface area (Å²) in [5.74, 6) is 0. The molecule has 1 heterocycles. The lowest BCUT2D eigenvalue weighted by Gasteiger charge is -2.36. The van der Waals surface area contributed by atoms with Crippen LogP contribution in [0, 0.1) is 0 Å². The normalized spacial score (nSPS) is 23.3. The van der Waals surface area contributed by atoms with Gasteiger partial charge in [0.2, 0.25) is 0 Å². The first-order chi connectivity index (χ1) is 10.8. The van der Waals surface area contributed by atoms with E-state index in [0.29, 0.717) is 13.2 Å². The molecule has 0 amide bonds. The van der Waals surface area contributed by atoms with Gasteiger partial charge >= 0.3 is 0 Å². The molecule has 0 N–H and O–H groups in total. The maximum Gasteiger partial charge on any atom is 0.187 e. The number of nitrogens with zero attached hydrogens (tertiary/aromatic N) is 1. The third kappa shape index (κ3) is 9.17. The molecule has 0 aromatic carbocycles. The van der Waals surface area contributed by atoms with Gasteiger partial charge in [0.05, 0.1) is 19.3 Å². The van der Waals surface area contributed by atoms with Crippen molar-refractivity contribution in [3.05, 3.63) is 12.7 Å². The lowest BCUT2D eigenvalue weighted by Crippen LogP contribution is -2.47. The Bertz CT molecular complexity index is 351. The van der Waals surface area contributed by atoms with Gasteiger partial charge in [-0.05, 0) is 64.2 Å². The molecule has 1 rings (SSSR count). The van der Waals surface area contributed by atoms with Gasteiger partial charge in [-0.1, -0.05) is 6.08 Å². The van der Waals surface area contributed by atoms with Crippen LogP contribution in [0.15, 0.2) is 12.7 Å². The summed E-state index contributed by atoms with van der Waals surface area (Å²) in [5.41, 5.74) is 0. The van der Waals surface area contributed by atoms with Crippen LogP contribution < -0.4 is 0 Å². The SMILES string of the molecule is C=CCOCC1CN(CCC[Si](C)(C)OC)CCC[Si](C)(C)O1. The Labute approximate surface area is 145 Å². The highest BCUT2D eigenvalue weighted by molar-refractivity contribution is 6.71. The van der Waals surface area contributed by atoms with Crippen LogP contribution in [-0.2, 0) is 13.6 Å². The van der Waals surface area contributed by atoms with Crippen molar-refractivity contribution < 1.29 is 13.6 Å². The lowest BCUT2D eigenvalue weighted by molar-refractivity contribution is 0.0311. The van der Waals surface area contributed by atoms with Gasteiger partial charge in [-0.15, -0.1) is 6.58 Å². The molecule has 0 aliphatic carbocycles. The van der Waals surface area contributed by atoms with E-state index >= 15 is 0 Å². The fourth-order valence-electron chi connectivity index (χ4n) is 3.06. The van der Waals surface area contributed by atoms with Gasteiger partial charge in [0, 0.05) is 13.7 Å². The van der Waals surface area contributed by atoms with Gasteiger partial charge in [-0.2, -0.15) is 0 Å². The number of hydrogen-bond donors (Lipinski definition) is 0. The monoisotopic (exact) mass is 359 g/mol. The summed E-state index contributed by atoms with van der Waals surface area (Å²) < 4.78 is 17.8. The van der Waals surface area contributed by atoms with Gasteiger partial charge in [-0.25, -0.2) is 0 Å². The van der Waals surface area contributed by atoms with Crippen molar-refractivity contribution in [2.24, 2.45) is 0 Å². The van der Waals surface area contributed by atoms with Crippen molar-refractivity contribution in [3.63, 3.8) is 0 Å². The maximum atomic E-state index is 6.45. The van der Waals surface area contributed by atoms with Crippen LogP contribution in [-0.4, -0.2) is 67.6 Å². The molecule has 1 saturated heterocycles. The van der Waals surface area contributed by atoms with E-state index in [1.54, 1.807) is 6.08 Å². The van der Waals surface area contributed by atoms with E-state index in [4.69, 9.17) is 13.6 Å². The molecule has 136 valence electrons. The van der Waals surface area contributed by atoms with Crippen molar-refractivity contribution >= 4 is 16.6 Å². The van der Waals surface area contributed by atoms with Crippen LogP contribution in [0.5, 0.6) is 0 Å². The van der Waals surface area contributed by atoms with E-state index in [2.05, 4.69) is 37.7 Å². The molecule has 0 radical (unpaired) electrons. The van der Waals surface area contributed by atoms with E-state index < -0.39 is 16.6 Å². The summed E-state index contributed by atoms with van der Waals surface area (Å²) in [6, 6.07) is 2.46. The molecule has 6 heteroatoms. The Kier molecular flexibility index (Phi) is 9.25. The van der Waals surface area contributed by atoms with E-state index in [1.807, 2.05) is 7.11 Å². The molecule has 1 aliphatic heterocycles. The molecule has 23 heavy (non-hydrogen) atoms. The second-order valence-electron chi connectivity index (χ2n) is 7.80. The zero-order chi connectivity index (χ0) is 17.3. The fraction of sp³-hybridized carbons (Fsp3) is 0.882. The van der Waals surface area contributed by atoms with Gasteiger partial charge in [0.15, 0.2) is 16.6 Å². The largest absolute Gasteiger partial charge is 0.420 e. The molecule has 0 saturated carbocycles. The van der Waals surface area contributed by atoms with Crippen LogP contribution in [0.3, 0.4) is 0 Å². The van der Waals surface area contributed by atoms with Crippen LogP contribution in [0.4, 0.5) is 0 Å². The minimum atomic E-state index is -1.54. The Morgan fingerprint density at radius 3 is 2.78 bits per heavy atom. The lowest BCUT2D eigenvalue weighted by atomic mass is 10.3. The quantitative estimate of drug-likeness (QED) is 0.357. The summed E-state index contributed by atoms with van der Waals surface area (Å²) in [6.07, 6.45) is 4.48. The van der Waals surface area contributed by atoms with Gasteiger partial charge in [-0.3, -0.25) is 0 Å². The minimum Gasteiger partial charge on any atom is -0.420 e. The van der Waals surface area contributed by atoms with Crippen molar-refractivity contribution in [1.82, 2.24) is 4.90 Å². The maximum absolute atomic E-state index is 6.45. The molecule has 1 atom stereocenters. The zero-order valence-electron chi connectivity index (χ0n) is 15.9. The standard InChI is InChI=1S/C17H37NO3Si2/c1-7-12-20-16-17-15-18(10-8-13-22(3,4)19-2)11-9-14-23(5,6)21-17/h7,17H,1,8-16H2,2-6H3. The Hall–Kier alpha value is 0.0138. The van der Waals surface area contributed by atoms with Crippen LogP contribution in [0.25, 0.3) is 0 Å². The van der Waals surface area contributed by atoms with Crippen molar-refractivity contribution in [2.75, 3.05) is 40.0 Å². The number of rotatable bonds is 9. The summed E-state index contributed by atoms with van der Waals surface area (Å²) in [6.45, 7) is 17.6. The van der Waals surface area contributed by atoms with Gasteiger partial charge in [0.25, 0.3) is 0 Å². The van der Waals surface area contributed by atoms with Crippen molar-refractivity contribution in [1.29, 1.82) is 0 Å². The third-order valence-corrected chi connectivity index (χ3v) is 9.74. The highest BCUT2D eigenvalue weighted by atomic mass is 28.4. The smallest absolute Gasteiger partial charge is 0.187 e. The summed E-state index contributed by atoms with van der Waals surface area (Å²) in [7, 11) is -1.12. The second-order valence-corrected chi connectivity index (χ2v) is 16.5. The first kappa shape index (κ1) is 21.1. The third-order valence-electron chi connectivity index (χ3n) is 4.55. The highest BCUT2D eigenvalue weighted by Gasteiger charge is 2.30. The fourth-order valence-corrected chi connectivity index (χ4v) is 6.44. The molecule has 0 spiro atoms. The Morgan fingerprint density at radius 1 is 1.39 bits per heavy atom. The first-order valence-corrected chi connectivity index (χ1v) is 15.1. The van der Waals surface area contributed by atoms with Gasteiger partial charge in [0.1, 0.15) is 0 Å². The molecular weight excluding hydrogens is 322 g/mol. The van der Waals surface area contributed by atoms with Crippen LogP contribution in [0.2, 0.25) is 38.3 Å². The number of hydrogen-bond acceptors (Lipinski definition) is 4. The first-order valence-electron chi connectivity index (χ1n) is 8.92.